The average molecular weight is 140 g/mol. The molecule has 5 heteroatoms. The van der Waals surface area contributed by atoms with Crippen LogP contribution in [0.25, 0.3) is 0 Å². The van der Waals surface area contributed by atoms with Crippen molar-refractivity contribution in [1.82, 2.24) is 9.97 Å². The van der Waals surface area contributed by atoms with Gasteiger partial charge < -0.3 is 16.5 Å². The molecule has 1 heterocycles. The van der Waals surface area contributed by atoms with E-state index in [9.17, 15) is 4.79 Å². The monoisotopic (exact) mass is 140 g/mol. The van der Waals surface area contributed by atoms with Gasteiger partial charge in [-0.2, -0.15) is 0 Å². The Morgan fingerprint density at radius 2 is 2.50 bits per heavy atom. The van der Waals surface area contributed by atoms with Crippen LogP contribution in [0.1, 0.15) is 5.82 Å². The smallest absolute Gasteiger partial charge is 0.225 e. The normalized spacial score (nSPS) is 9.60. The lowest BCUT2D eigenvalue weighted by Gasteiger charge is -1.87. The maximum Gasteiger partial charge on any atom is 0.225 e. The van der Waals surface area contributed by atoms with Crippen LogP contribution < -0.4 is 11.5 Å². The van der Waals surface area contributed by atoms with Crippen LogP contribution in [0.4, 0.5) is 5.82 Å². The number of nitrogen functional groups attached to an aromatic ring is 1. The molecule has 0 atom stereocenters. The number of imidazole rings is 1. The number of carbonyl (C=O) groups excluding carboxylic acids is 1. The number of primary amides is 1. The van der Waals surface area contributed by atoms with Crippen molar-refractivity contribution >= 4 is 11.7 Å². The fraction of sp³-hybridized carbons (Fsp3) is 0.200. The molecular formula is C5H8N4O. The molecule has 1 aromatic heterocycles. The van der Waals surface area contributed by atoms with E-state index in [1.54, 1.807) is 0 Å². The highest BCUT2D eigenvalue weighted by molar-refractivity contribution is 5.75. The highest BCUT2D eigenvalue weighted by atomic mass is 16.1. The molecule has 5 nitrogen and oxygen atoms in total. The zero-order valence-corrected chi connectivity index (χ0v) is 5.29. The molecule has 1 aromatic rings. The molecular weight excluding hydrogens is 132 g/mol. The summed E-state index contributed by atoms with van der Waals surface area (Å²) in [5.41, 5.74) is 10.2. The molecule has 1 rings (SSSR count). The number of hydrogen-bond donors (Lipinski definition) is 3. The summed E-state index contributed by atoms with van der Waals surface area (Å²) in [6, 6.07) is 0. The first-order chi connectivity index (χ1) is 4.68. The predicted molar refractivity (Wildman–Crippen MR) is 35.9 cm³/mol. The Bertz CT molecular complexity index is 242. The molecule has 54 valence electrons. The Balaban J connectivity index is 2.67. The third kappa shape index (κ3) is 1.48. The van der Waals surface area contributed by atoms with Gasteiger partial charge in [0.2, 0.25) is 5.91 Å². The van der Waals surface area contributed by atoms with Crippen LogP contribution in [-0.2, 0) is 11.2 Å². The van der Waals surface area contributed by atoms with Gasteiger partial charge in [0.1, 0.15) is 11.6 Å². The van der Waals surface area contributed by atoms with Crippen molar-refractivity contribution in [1.29, 1.82) is 0 Å². The van der Waals surface area contributed by atoms with Crippen LogP contribution in [0.15, 0.2) is 6.20 Å². The Kier molecular flexibility index (Phi) is 1.57. The lowest BCUT2D eigenvalue weighted by molar-refractivity contribution is -0.117. The largest absolute Gasteiger partial charge is 0.384 e. The topological polar surface area (TPSA) is 97.8 Å². The van der Waals surface area contributed by atoms with Gasteiger partial charge in [-0.15, -0.1) is 0 Å². The van der Waals surface area contributed by atoms with E-state index < -0.39 is 5.91 Å². The molecule has 0 spiro atoms. The molecule has 0 radical (unpaired) electrons. The fourth-order valence-electron chi connectivity index (χ4n) is 0.633. The predicted octanol–water partition coefficient (Wildman–Crippen LogP) is -0.980. The molecule has 0 aliphatic heterocycles. The number of rotatable bonds is 2. The van der Waals surface area contributed by atoms with Crippen molar-refractivity contribution < 1.29 is 4.79 Å². The number of aromatic nitrogens is 2. The highest BCUT2D eigenvalue weighted by Crippen LogP contribution is 1.96. The second kappa shape index (κ2) is 2.38. The SMILES string of the molecule is NC(=O)Cc1ncc(N)[nH]1. The maximum atomic E-state index is 10.3. The Morgan fingerprint density at radius 1 is 1.80 bits per heavy atom. The van der Waals surface area contributed by atoms with Crippen molar-refractivity contribution in [3.63, 3.8) is 0 Å². The second-order valence-corrected chi connectivity index (χ2v) is 1.93. The van der Waals surface area contributed by atoms with Crippen molar-refractivity contribution in [3.8, 4) is 0 Å². The summed E-state index contributed by atoms with van der Waals surface area (Å²) < 4.78 is 0. The van der Waals surface area contributed by atoms with Crippen molar-refractivity contribution in [3.05, 3.63) is 12.0 Å². The van der Waals surface area contributed by atoms with Gasteiger partial charge in [-0.3, -0.25) is 4.79 Å². The number of aromatic amines is 1. The minimum atomic E-state index is -0.422. The molecule has 0 bridgehead atoms. The van der Waals surface area contributed by atoms with Gasteiger partial charge in [-0.1, -0.05) is 0 Å². The van der Waals surface area contributed by atoms with E-state index in [1.807, 2.05) is 0 Å². The minimum Gasteiger partial charge on any atom is -0.384 e. The van der Waals surface area contributed by atoms with Gasteiger partial charge in [0.15, 0.2) is 0 Å². The number of amides is 1. The van der Waals surface area contributed by atoms with Crippen LogP contribution in [-0.4, -0.2) is 15.9 Å². The third-order valence-corrected chi connectivity index (χ3v) is 0.990. The molecule has 0 aromatic carbocycles. The second-order valence-electron chi connectivity index (χ2n) is 1.93. The summed E-state index contributed by atoms with van der Waals surface area (Å²) in [5.74, 6) is 0.524. The molecule has 0 saturated carbocycles. The quantitative estimate of drug-likeness (QED) is 0.492. The first-order valence-corrected chi connectivity index (χ1v) is 2.76. The van der Waals surface area contributed by atoms with Crippen LogP contribution in [0, 0.1) is 0 Å². The molecule has 10 heavy (non-hydrogen) atoms. The van der Waals surface area contributed by atoms with E-state index in [1.165, 1.54) is 6.20 Å². The van der Waals surface area contributed by atoms with Gasteiger partial charge in [0.05, 0.1) is 12.6 Å². The van der Waals surface area contributed by atoms with Crippen molar-refractivity contribution in [2.75, 3.05) is 5.73 Å². The van der Waals surface area contributed by atoms with E-state index in [4.69, 9.17) is 11.5 Å². The van der Waals surface area contributed by atoms with Crippen molar-refractivity contribution in [2.24, 2.45) is 5.73 Å². The van der Waals surface area contributed by atoms with Gasteiger partial charge in [-0.25, -0.2) is 4.98 Å². The van der Waals surface area contributed by atoms with Crippen LogP contribution in [0.5, 0.6) is 0 Å². The zero-order valence-electron chi connectivity index (χ0n) is 5.29. The molecule has 5 N–H and O–H groups in total. The summed E-state index contributed by atoms with van der Waals surface area (Å²) >= 11 is 0. The maximum absolute atomic E-state index is 10.3. The minimum absolute atomic E-state index is 0.108. The van der Waals surface area contributed by atoms with Crippen LogP contribution in [0.2, 0.25) is 0 Å². The van der Waals surface area contributed by atoms with E-state index in [0.717, 1.165) is 0 Å². The Labute approximate surface area is 57.4 Å². The van der Waals surface area contributed by atoms with Crippen LogP contribution in [0.3, 0.4) is 0 Å². The lowest BCUT2D eigenvalue weighted by atomic mass is 10.4. The zero-order chi connectivity index (χ0) is 7.56. The standard InChI is InChI=1S/C5H8N4O/c6-3-2-8-5(9-3)1-4(7)10/h2H,1,6H2,(H2,7,10)(H,8,9). The van der Waals surface area contributed by atoms with Crippen LogP contribution >= 0.6 is 0 Å². The summed E-state index contributed by atoms with van der Waals surface area (Å²) in [4.78, 5) is 16.7. The average Bonchev–Trinajstić information content (AvgIpc) is 2.13. The lowest BCUT2D eigenvalue weighted by Crippen LogP contribution is -2.14. The van der Waals surface area contributed by atoms with Gasteiger partial charge in [-0.05, 0) is 0 Å². The molecule has 0 aliphatic rings. The number of H-pyrrole nitrogens is 1. The summed E-state index contributed by atoms with van der Waals surface area (Å²) in [7, 11) is 0. The van der Waals surface area contributed by atoms with E-state index >= 15 is 0 Å². The molecule has 0 fully saturated rings. The molecule has 0 aliphatic carbocycles. The van der Waals surface area contributed by atoms with E-state index in [-0.39, 0.29) is 6.42 Å². The number of hydrogen-bond acceptors (Lipinski definition) is 3. The first kappa shape index (κ1) is 6.60. The summed E-state index contributed by atoms with van der Waals surface area (Å²) in [6.07, 6.45) is 1.55. The van der Waals surface area contributed by atoms with Gasteiger partial charge in [0, 0.05) is 0 Å². The highest BCUT2D eigenvalue weighted by Gasteiger charge is 2.00. The molecule has 1 amide bonds. The molecule has 0 saturated heterocycles. The Hall–Kier alpha value is -1.52. The Morgan fingerprint density at radius 3 is 2.90 bits per heavy atom. The summed E-state index contributed by atoms with van der Waals surface area (Å²) in [5, 5.41) is 0. The molecule has 0 unspecified atom stereocenters. The first-order valence-electron chi connectivity index (χ1n) is 2.76. The summed E-state index contributed by atoms with van der Waals surface area (Å²) in [6.45, 7) is 0. The fourth-order valence-corrected chi connectivity index (χ4v) is 0.633. The van der Waals surface area contributed by atoms with E-state index in [2.05, 4.69) is 9.97 Å². The van der Waals surface area contributed by atoms with Gasteiger partial charge in [0.25, 0.3) is 0 Å². The number of carbonyl (C=O) groups is 1. The number of nitrogens with zero attached hydrogens (tertiary/aromatic N) is 1. The number of anilines is 1. The van der Waals surface area contributed by atoms with E-state index in [0.29, 0.717) is 11.6 Å². The number of nitrogens with one attached hydrogen (secondary N) is 1. The number of nitrogens with two attached hydrogens (primary N) is 2. The van der Waals surface area contributed by atoms with Gasteiger partial charge >= 0.3 is 0 Å². The van der Waals surface area contributed by atoms with Crippen molar-refractivity contribution in [2.45, 2.75) is 6.42 Å². The third-order valence-electron chi connectivity index (χ3n) is 0.990.